The number of nitrogens with zero attached hydrogens (tertiary/aromatic N) is 4. The van der Waals surface area contributed by atoms with Crippen molar-refractivity contribution in [1.29, 1.82) is 0 Å². The topological polar surface area (TPSA) is 84.3 Å². The number of aromatic nitrogens is 3. The highest BCUT2D eigenvalue weighted by Gasteiger charge is 2.42. The molecule has 8 nitrogen and oxygen atoms in total. The summed E-state index contributed by atoms with van der Waals surface area (Å²) in [4.78, 5) is 23.3. The van der Waals surface area contributed by atoms with Crippen LogP contribution in [0.2, 0.25) is 0 Å². The van der Waals surface area contributed by atoms with E-state index >= 15 is 0 Å². The predicted molar refractivity (Wildman–Crippen MR) is 148 cm³/mol. The van der Waals surface area contributed by atoms with Gasteiger partial charge in [-0.05, 0) is 60.7 Å². The van der Waals surface area contributed by atoms with Gasteiger partial charge in [-0.3, -0.25) is 14.8 Å². The van der Waals surface area contributed by atoms with E-state index in [1.807, 2.05) is 67.6 Å². The second kappa shape index (κ2) is 10.8. The molecule has 0 saturated carbocycles. The molecule has 188 valence electrons. The largest absolute Gasteiger partial charge is 0.494 e. The summed E-state index contributed by atoms with van der Waals surface area (Å²) in [6.07, 6.45) is 6.04. The second-order valence-electron chi connectivity index (χ2n) is 8.66. The molecule has 3 aromatic heterocycles. The van der Waals surface area contributed by atoms with E-state index in [4.69, 9.17) is 17.0 Å². The van der Waals surface area contributed by atoms with Crippen LogP contribution in [0.5, 0.6) is 5.75 Å². The van der Waals surface area contributed by atoms with E-state index in [0.717, 1.165) is 22.8 Å². The van der Waals surface area contributed by atoms with Crippen molar-refractivity contribution in [3.8, 4) is 5.75 Å². The van der Waals surface area contributed by atoms with Crippen molar-refractivity contribution in [3.63, 3.8) is 0 Å². The van der Waals surface area contributed by atoms with Gasteiger partial charge in [0.25, 0.3) is 0 Å². The highest BCUT2D eigenvalue weighted by Crippen LogP contribution is 2.43. The maximum atomic E-state index is 12.0. The SMILES string of the molecule is CCC(=O)Nc1ccc(N2C(=S)N[C@@H](c3ccccn3)[C@H]2c2cccn2Cc2ccccn2)cc1OC. The van der Waals surface area contributed by atoms with Gasteiger partial charge in [-0.1, -0.05) is 19.1 Å². The van der Waals surface area contributed by atoms with Crippen LogP contribution in [0.15, 0.2) is 85.3 Å². The summed E-state index contributed by atoms with van der Waals surface area (Å²) in [5, 5.41) is 6.98. The lowest BCUT2D eigenvalue weighted by Gasteiger charge is -2.29. The van der Waals surface area contributed by atoms with E-state index in [1.54, 1.807) is 19.5 Å². The Bertz CT molecular complexity index is 1390. The number of amides is 1. The average Bonchev–Trinajstić information content (AvgIpc) is 3.53. The number of rotatable bonds is 8. The Morgan fingerprint density at radius 3 is 2.59 bits per heavy atom. The van der Waals surface area contributed by atoms with Crippen molar-refractivity contribution >= 4 is 34.6 Å². The maximum Gasteiger partial charge on any atom is 0.224 e. The number of nitrogens with one attached hydrogen (secondary N) is 2. The van der Waals surface area contributed by atoms with Crippen molar-refractivity contribution in [2.24, 2.45) is 0 Å². The van der Waals surface area contributed by atoms with Crippen molar-refractivity contribution in [2.45, 2.75) is 32.0 Å². The Balaban J connectivity index is 1.58. The Kier molecular flexibility index (Phi) is 7.14. The van der Waals surface area contributed by atoms with Crippen LogP contribution >= 0.6 is 12.2 Å². The number of benzene rings is 1. The fourth-order valence-corrected chi connectivity index (χ4v) is 4.96. The molecule has 1 aliphatic rings. The molecule has 2 atom stereocenters. The maximum absolute atomic E-state index is 12.0. The minimum Gasteiger partial charge on any atom is -0.494 e. The number of hydrogen-bond donors (Lipinski definition) is 2. The van der Waals surface area contributed by atoms with Crippen LogP contribution in [-0.4, -0.2) is 32.7 Å². The normalized spacial score (nSPS) is 16.9. The fraction of sp³-hybridized carbons (Fsp3) is 0.214. The van der Waals surface area contributed by atoms with Crippen LogP contribution in [0.25, 0.3) is 0 Å². The molecule has 0 unspecified atom stereocenters. The molecule has 9 heteroatoms. The zero-order chi connectivity index (χ0) is 25.8. The number of anilines is 2. The molecule has 1 aliphatic heterocycles. The summed E-state index contributed by atoms with van der Waals surface area (Å²) in [6.45, 7) is 2.44. The third-order valence-electron chi connectivity index (χ3n) is 6.38. The highest BCUT2D eigenvalue weighted by atomic mass is 32.1. The van der Waals surface area contributed by atoms with Gasteiger partial charge in [0.05, 0.1) is 36.8 Å². The van der Waals surface area contributed by atoms with Gasteiger partial charge in [0.2, 0.25) is 5.91 Å². The van der Waals surface area contributed by atoms with Crippen molar-refractivity contribution in [3.05, 3.63) is 102 Å². The Labute approximate surface area is 221 Å². The van der Waals surface area contributed by atoms with Crippen LogP contribution in [0.3, 0.4) is 0 Å². The number of thiocarbonyl (C=S) groups is 1. The molecule has 1 fully saturated rings. The van der Waals surface area contributed by atoms with Gasteiger partial charge in [-0.15, -0.1) is 0 Å². The average molecular weight is 513 g/mol. The van der Waals surface area contributed by atoms with Gasteiger partial charge in [0, 0.05) is 42.5 Å². The summed E-state index contributed by atoms with van der Waals surface area (Å²) in [5.74, 6) is 0.482. The summed E-state index contributed by atoms with van der Waals surface area (Å²) in [5.41, 5.74) is 4.38. The summed E-state index contributed by atoms with van der Waals surface area (Å²) < 4.78 is 7.83. The first-order chi connectivity index (χ1) is 18.1. The molecule has 0 spiro atoms. The molecule has 2 N–H and O–H groups in total. The minimum atomic E-state index is -0.193. The lowest BCUT2D eigenvalue weighted by Crippen LogP contribution is -2.30. The third-order valence-corrected chi connectivity index (χ3v) is 6.70. The van der Waals surface area contributed by atoms with Crippen molar-refractivity contribution in [2.75, 3.05) is 17.3 Å². The van der Waals surface area contributed by atoms with E-state index in [9.17, 15) is 4.79 Å². The first-order valence-corrected chi connectivity index (χ1v) is 12.5. The lowest BCUT2D eigenvalue weighted by molar-refractivity contribution is -0.115. The fourth-order valence-electron chi connectivity index (χ4n) is 4.61. The van der Waals surface area contributed by atoms with Gasteiger partial charge in [0.15, 0.2) is 5.11 Å². The molecule has 1 amide bonds. The van der Waals surface area contributed by atoms with E-state index < -0.39 is 0 Å². The number of hydrogen-bond acceptors (Lipinski definition) is 5. The molecular formula is C28H28N6O2S. The quantitative estimate of drug-likeness (QED) is 0.326. The number of carbonyl (C=O) groups is 1. The summed E-state index contributed by atoms with van der Waals surface area (Å²) >= 11 is 5.88. The monoisotopic (exact) mass is 512 g/mol. The Hall–Kier alpha value is -4.24. The number of methoxy groups -OCH3 is 1. The third kappa shape index (κ3) is 5.03. The van der Waals surface area contributed by atoms with Crippen LogP contribution in [0, 0.1) is 0 Å². The van der Waals surface area contributed by atoms with Gasteiger partial charge in [-0.25, -0.2) is 0 Å². The molecule has 1 aromatic carbocycles. The first-order valence-electron chi connectivity index (χ1n) is 12.1. The van der Waals surface area contributed by atoms with Crippen LogP contribution in [-0.2, 0) is 11.3 Å². The molecule has 37 heavy (non-hydrogen) atoms. The molecule has 1 saturated heterocycles. The predicted octanol–water partition coefficient (Wildman–Crippen LogP) is 4.86. The summed E-state index contributed by atoms with van der Waals surface area (Å²) in [7, 11) is 1.59. The van der Waals surface area contributed by atoms with E-state index in [1.165, 1.54) is 0 Å². The number of ether oxygens (including phenoxy) is 1. The Morgan fingerprint density at radius 1 is 1.08 bits per heavy atom. The zero-order valence-electron chi connectivity index (χ0n) is 20.7. The number of carbonyl (C=O) groups excluding carboxylic acids is 1. The van der Waals surface area contributed by atoms with Gasteiger partial charge < -0.3 is 24.8 Å². The zero-order valence-corrected chi connectivity index (χ0v) is 21.5. The first kappa shape index (κ1) is 24.5. The molecule has 4 heterocycles. The number of pyridine rings is 2. The van der Waals surface area contributed by atoms with E-state index in [2.05, 4.69) is 42.3 Å². The smallest absolute Gasteiger partial charge is 0.224 e. The minimum absolute atomic E-state index is 0.0788. The second-order valence-corrected chi connectivity index (χ2v) is 9.05. The molecule has 5 rings (SSSR count). The van der Waals surface area contributed by atoms with Gasteiger partial charge in [0.1, 0.15) is 11.8 Å². The highest BCUT2D eigenvalue weighted by molar-refractivity contribution is 7.80. The molecular weight excluding hydrogens is 484 g/mol. The molecule has 0 radical (unpaired) electrons. The van der Waals surface area contributed by atoms with Crippen LogP contribution < -0.4 is 20.3 Å². The van der Waals surface area contributed by atoms with Crippen LogP contribution in [0.1, 0.15) is 42.5 Å². The van der Waals surface area contributed by atoms with E-state index in [-0.39, 0.29) is 18.0 Å². The van der Waals surface area contributed by atoms with Gasteiger partial charge >= 0.3 is 0 Å². The van der Waals surface area contributed by atoms with Gasteiger partial charge in [-0.2, -0.15) is 0 Å². The van der Waals surface area contributed by atoms with E-state index in [0.29, 0.717) is 29.5 Å². The van der Waals surface area contributed by atoms with Crippen molar-refractivity contribution < 1.29 is 9.53 Å². The molecule has 0 aliphatic carbocycles. The standard InChI is InChI=1S/C28H28N6O2S/c1-3-25(35)31-21-13-12-20(17-24(21)36-2)34-27(26(32-28(34)37)22-10-5-7-15-30-22)23-11-8-16-33(23)18-19-9-4-6-14-29-19/h4-17,26-27H,3,18H2,1-2H3,(H,31,35)(H,32,37)/t26-,27+/m0/s1. The summed E-state index contributed by atoms with van der Waals surface area (Å²) in [6, 6.07) is 21.3. The van der Waals surface area contributed by atoms with Crippen LogP contribution in [0.4, 0.5) is 11.4 Å². The Morgan fingerprint density at radius 2 is 1.89 bits per heavy atom. The van der Waals surface area contributed by atoms with Crippen molar-refractivity contribution in [1.82, 2.24) is 19.9 Å². The lowest BCUT2D eigenvalue weighted by atomic mass is 10.0. The molecule has 0 bridgehead atoms. The molecule has 4 aromatic rings.